The third-order valence-corrected chi connectivity index (χ3v) is 10.6. The summed E-state index contributed by atoms with van der Waals surface area (Å²) in [6, 6.07) is 66.9. The second-order valence-electron chi connectivity index (χ2n) is 13.7. The van der Waals surface area contributed by atoms with Crippen molar-refractivity contribution in [2.75, 3.05) is 4.90 Å². The van der Waals surface area contributed by atoms with Gasteiger partial charge in [0.05, 0.1) is 11.1 Å². The smallest absolute Gasteiger partial charge is 0.147 e. The molecule has 0 spiro atoms. The summed E-state index contributed by atoms with van der Waals surface area (Å²) < 4.78 is 13.1. The highest BCUT2D eigenvalue weighted by atomic mass is 16.3. The van der Waals surface area contributed by atoms with Crippen molar-refractivity contribution in [3.63, 3.8) is 0 Å². The Morgan fingerprint density at radius 1 is 0.340 bits per heavy atom. The van der Waals surface area contributed by atoms with E-state index in [2.05, 4.69) is 181 Å². The number of anilines is 3. The average Bonchev–Trinajstić information content (AvgIpc) is 3.80. The third kappa shape index (κ3) is 4.68. The predicted molar refractivity (Wildman–Crippen MR) is 222 cm³/mol. The maximum absolute atomic E-state index is 6.87. The van der Waals surface area contributed by atoms with Gasteiger partial charge in [-0.15, -0.1) is 0 Å². The first-order valence-electron chi connectivity index (χ1n) is 18.0. The summed E-state index contributed by atoms with van der Waals surface area (Å²) in [7, 11) is 0. The Hall–Kier alpha value is -7.10. The molecule has 0 amide bonds. The number of nitrogens with zero attached hydrogens (tertiary/aromatic N) is 1. The van der Waals surface area contributed by atoms with E-state index in [1.807, 2.05) is 12.1 Å². The van der Waals surface area contributed by atoms with Crippen molar-refractivity contribution in [1.29, 1.82) is 0 Å². The topological polar surface area (TPSA) is 29.5 Å². The van der Waals surface area contributed by atoms with E-state index in [-0.39, 0.29) is 0 Å². The maximum atomic E-state index is 6.87. The van der Waals surface area contributed by atoms with Crippen LogP contribution in [-0.4, -0.2) is 0 Å². The minimum atomic E-state index is 0.831. The van der Waals surface area contributed by atoms with Gasteiger partial charge in [-0.2, -0.15) is 0 Å². The first-order valence-corrected chi connectivity index (χ1v) is 18.0. The largest absolute Gasteiger partial charge is 0.456 e. The Labute approximate surface area is 305 Å². The Morgan fingerprint density at radius 3 is 1.87 bits per heavy atom. The monoisotopic (exact) mass is 677 g/mol. The van der Waals surface area contributed by atoms with Gasteiger partial charge < -0.3 is 13.7 Å². The predicted octanol–water partition coefficient (Wildman–Crippen LogP) is 14.6. The Balaban J connectivity index is 1.13. The second kappa shape index (κ2) is 11.7. The molecule has 0 aliphatic carbocycles. The van der Waals surface area contributed by atoms with Crippen molar-refractivity contribution in [2.45, 2.75) is 0 Å². The van der Waals surface area contributed by atoms with Gasteiger partial charge in [0.15, 0.2) is 0 Å². The van der Waals surface area contributed by atoms with Gasteiger partial charge in [-0.25, -0.2) is 0 Å². The van der Waals surface area contributed by atoms with E-state index in [1.165, 1.54) is 32.7 Å². The molecule has 11 aromatic rings. The van der Waals surface area contributed by atoms with Crippen LogP contribution in [0, 0.1) is 0 Å². The summed E-state index contributed by atoms with van der Waals surface area (Å²) in [5, 5.41) is 9.12. The van der Waals surface area contributed by atoms with Crippen LogP contribution in [0.4, 0.5) is 17.1 Å². The molecule has 0 aliphatic rings. The number of benzene rings is 9. The molecule has 248 valence electrons. The second-order valence-corrected chi connectivity index (χ2v) is 13.7. The van der Waals surface area contributed by atoms with Gasteiger partial charge in [0.25, 0.3) is 0 Å². The quantitative estimate of drug-likeness (QED) is 0.170. The Bertz CT molecular complexity index is 3170. The van der Waals surface area contributed by atoms with Crippen molar-refractivity contribution in [1.82, 2.24) is 0 Å². The molecule has 0 atom stereocenters. The molecule has 9 aromatic carbocycles. The zero-order chi connectivity index (χ0) is 34.9. The lowest BCUT2D eigenvalue weighted by Gasteiger charge is -2.28. The van der Waals surface area contributed by atoms with E-state index in [0.717, 1.165) is 72.1 Å². The van der Waals surface area contributed by atoms with Gasteiger partial charge in [-0.05, 0) is 81.4 Å². The van der Waals surface area contributed by atoms with Crippen LogP contribution in [0.2, 0.25) is 0 Å². The summed E-state index contributed by atoms with van der Waals surface area (Å²) in [6.45, 7) is 0. The van der Waals surface area contributed by atoms with Crippen molar-refractivity contribution < 1.29 is 8.83 Å². The highest BCUT2D eigenvalue weighted by Gasteiger charge is 2.21. The van der Waals surface area contributed by atoms with Gasteiger partial charge in [-0.1, -0.05) is 140 Å². The molecular formula is C50H31NO2. The van der Waals surface area contributed by atoms with E-state index >= 15 is 0 Å². The third-order valence-electron chi connectivity index (χ3n) is 10.6. The van der Waals surface area contributed by atoms with Gasteiger partial charge in [0, 0.05) is 38.5 Å². The van der Waals surface area contributed by atoms with E-state index in [4.69, 9.17) is 8.83 Å². The first-order chi connectivity index (χ1) is 26.3. The SMILES string of the molecule is c1ccc(-c2ccc(N(c3cccc(-c4cccc5c4oc4c5ccc5oc6ccccc6c54)c3)c3cc4ccccc4c4ccccc34)cc2)cc1. The maximum Gasteiger partial charge on any atom is 0.147 e. The Kier molecular flexibility index (Phi) is 6.55. The molecule has 2 aromatic heterocycles. The van der Waals surface area contributed by atoms with Crippen molar-refractivity contribution in [3.05, 3.63) is 188 Å². The minimum Gasteiger partial charge on any atom is -0.456 e. The molecule has 53 heavy (non-hydrogen) atoms. The molecule has 3 nitrogen and oxygen atoms in total. The number of hydrogen-bond donors (Lipinski definition) is 0. The average molecular weight is 678 g/mol. The van der Waals surface area contributed by atoms with Gasteiger partial charge in [-0.3, -0.25) is 0 Å². The van der Waals surface area contributed by atoms with E-state index < -0.39 is 0 Å². The normalized spacial score (nSPS) is 11.8. The number of furan rings is 2. The van der Waals surface area contributed by atoms with Gasteiger partial charge >= 0.3 is 0 Å². The van der Waals surface area contributed by atoms with Crippen molar-refractivity contribution in [2.24, 2.45) is 0 Å². The fraction of sp³-hybridized carbons (Fsp3) is 0. The summed E-state index contributed by atoms with van der Waals surface area (Å²) in [5.41, 5.74) is 11.2. The van der Waals surface area contributed by atoms with Crippen molar-refractivity contribution >= 4 is 82.5 Å². The number of fused-ring (bicyclic) bond motifs is 10. The van der Waals surface area contributed by atoms with Crippen molar-refractivity contribution in [3.8, 4) is 22.3 Å². The summed E-state index contributed by atoms with van der Waals surface area (Å²) in [6.07, 6.45) is 0. The fourth-order valence-electron chi connectivity index (χ4n) is 8.18. The molecule has 2 heterocycles. The fourth-order valence-corrected chi connectivity index (χ4v) is 8.18. The Morgan fingerprint density at radius 2 is 1.00 bits per heavy atom. The minimum absolute atomic E-state index is 0.831. The van der Waals surface area contributed by atoms with Crippen LogP contribution in [0.25, 0.3) is 87.7 Å². The highest BCUT2D eigenvalue weighted by molar-refractivity contribution is 6.23. The molecule has 0 N–H and O–H groups in total. The molecular weight excluding hydrogens is 647 g/mol. The zero-order valence-electron chi connectivity index (χ0n) is 28.7. The van der Waals surface area contributed by atoms with E-state index in [0.29, 0.717) is 0 Å². The van der Waals surface area contributed by atoms with Crippen LogP contribution in [0.15, 0.2) is 197 Å². The number of rotatable bonds is 5. The molecule has 0 fully saturated rings. The van der Waals surface area contributed by atoms with Crippen LogP contribution in [0.5, 0.6) is 0 Å². The molecule has 11 rings (SSSR count). The molecule has 0 saturated heterocycles. The highest BCUT2D eigenvalue weighted by Crippen LogP contribution is 2.45. The summed E-state index contributed by atoms with van der Waals surface area (Å²) in [5.74, 6) is 0. The van der Waals surface area contributed by atoms with Crippen LogP contribution in [0.1, 0.15) is 0 Å². The molecule has 3 heteroatoms. The molecule has 0 radical (unpaired) electrons. The lowest BCUT2D eigenvalue weighted by atomic mass is 9.98. The zero-order valence-corrected chi connectivity index (χ0v) is 28.7. The number of hydrogen-bond acceptors (Lipinski definition) is 3. The molecule has 0 aliphatic heterocycles. The van der Waals surface area contributed by atoms with Crippen LogP contribution in [-0.2, 0) is 0 Å². The van der Waals surface area contributed by atoms with Gasteiger partial charge in [0.2, 0.25) is 0 Å². The molecule has 0 bridgehead atoms. The molecule has 0 unspecified atom stereocenters. The summed E-state index contributed by atoms with van der Waals surface area (Å²) in [4.78, 5) is 2.40. The lowest BCUT2D eigenvalue weighted by molar-refractivity contribution is 0.663. The van der Waals surface area contributed by atoms with E-state index in [1.54, 1.807) is 0 Å². The molecule has 0 saturated carbocycles. The van der Waals surface area contributed by atoms with Crippen LogP contribution >= 0.6 is 0 Å². The van der Waals surface area contributed by atoms with Crippen LogP contribution < -0.4 is 4.90 Å². The first kappa shape index (κ1) is 29.6. The summed E-state index contributed by atoms with van der Waals surface area (Å²) >= 11 is 0. The standard InChI is InChI=1S/C50H31NO2/c1-2-12-32(13-3-1)33-24-26-36(27-25-33)51(45-31-35-14-4-5-17-38(35)40-18-6-7-19-41(40)45)37-16-10-15-34(30-37)39-21-11-22-42-43-28-29-47-48(50(43)53-49(39)42)44-20-8-9-23-46(44)52-47/h1-31H. The van der Waals surface area contributed by atoms with Crippen LogP contribution in [0.3, 0.4) is 0 Å². The van der Waals surface area contributed by atoms with E-state index in [9.17, 15) is 0 Å². The lowest BCUT2D eigenvalue weighted by Crippen LogP contribution is -2.10. The number of para-hydroxylation sites is 2. The van der Waals surface area contributed by atoms with Gasteiger partial charge in [0.1, 0.15) is 22.3 Å².